The number of rotatable bonds is 4. The molecule has 1 atom stereocenters. The zero-order valence-electron chi connectivity index (χ0n) is 13.2. The molecule has 1 aromatic carbocycles. The standard InChI is InChI=1S/C16H20F4N2O/c1-11(23)22-6-5-12(9-22)8-21(2)10-13-3-4-14(17)7-15(13)16(18,19)20/h3-4,7,12H,5-6,8-10H2,1-2H3/t12-/m1/s1. The first-order chi connectivity index (χ1) is 10.7. The van der Waals surface area contributed by atoms with E-state index in [4.69, 9.17) is 0 Å². The molecular formula is C16H20F4N2O. The molecule has 1 heterocycles. The predicted octanol–water partition coefficient (Wildman–Crippen LogP) is 3.14. The molecule has 7 heteroatoms. The van der Waals surface area contributed by atoms with Gasteiger partial charge < -0.3 is 9.80 Å². The van der Waals surface area contributed by atoms with Crippen molar-refractivity contribution >= 4 is 5.91 Å². The molecule has 128 valence electrons. The van der Waals surface area contributed by atoms with E-state index in [1.54, 1.807) is 16.8 Å². The first-order valence-electron chi connectivity index (χ1n) is 7.46. The topological polar surface area (TPSA) is 23.6 Å². The van der Waals surface area contributed by atoms with Gasteiger partial charge in [0.05, 0.1) is 5.56 Å². The quantitative estimate of drug-likeness (QED) is 0.791. The molecule has 1 amide bonds. The fourth-order valence-corrected chi connectivity index (χ4v) is 3.01. The van der Waals surface area contributed by atoms with Crippen molar-refractivity contribution in [1.82, 2.24) is 9.80 Å². The van der Waals surface area contributed by atoms with Crippen LogP contribution in [-0.2, 0) is 17.5 Å². The molecule has 1 fully saturated rings. The van der Waals surface area contributed by atoms with Gasteiger partial charge >= 0.3 is 6.18 Å². The van der Waals surface area contributed by atoms with Gasteiger partial charge in [0.1, 0.15) is 5.82 Å². The maximum Gasteiger partial charge on any atom is 0.416 e. The van der Waals surface area contributed by atoms with Crippen LogP contribution in [0.5, 0.6) is 0 Å². The predicted molar refractivity (Wildman–Crippen MR) is 78.1 cm³/mol. The van der Waals surface area contributed by atoms with Gasteiger partial charge in [0.15, 0.2) is 0 Å². The van der Waals surface area contributed by atoms with Crippen molar-refractivity contribution < 1.29 is 22.4 Å². The van der Waals surface area contributed by atoms with Gasteiger partial charge in [-0.25, -0.2) is 4.39 Å². The Kier molecular flexibility index (Phi) is 5.29. The zero-order chi connectivity index (χ0) is 17.2. The molecule has 1 saturated heterocycles. The molecule has 0 radical (unpaired) electrons. The highest BCUT2D eigenvalue weighted by atomic mass is 19.4. The highest BCUT2D eigenvalue weighted by molar-refractivity contribution is 5.73. The minimum absolute atomic E-state index is 0.0213. The highest BCUT2D eigenvalue weighted by Gasteiger charge is 2.34. The molecule has 0 saturated carbocycles. The lowest BCUT2D eigenvalue weighted by Gasteiger charge is -2.23. The number of carbonyl (C=O) groups is 1. The van der Waals surface area contributed by atoms with Crippen molar-refractivity contribution in [3.05, 3.63) is 35.1 Å². The van der Waals surface area contributed by atoms with E-state index >= 15 is 0 Å². The van der Waals surface area contributed by atoms with Gasteiger partial charge in [0.2, 0.25) is 5.91 Å². The molecule has 2 rings (SSSR count). The number of nitrogens with zero attached hydrogens (tertiary/aromatic N) is 2. The Morgan fingerprint density at radius 1 is 1.39 bits per heavy atom. The fourth-order valence-electron chi connectivity index (χ4n) is 3.01. The van der Waals surface area contributed by atoms with E-state index < -0.39 is 17.6 Å². The number of likely N-dealkylation sites (tertiary alicyclic amines) is 1. The summed E-state index contributed by atoms with van der Waals surface area (Å²) in [5, 5.41) is 0. The summed E-state index contributed by atoms with van der Waals surface area (Å²) in [6.07, 6.45) is -3.73. The molecular weight excluding hydrogens is 312 g/mol. The second-order valence-corrected chi connectivity index (χ2v) is 6.12. The fraction of sp³-hybridized carbons (Fsp3) is 0.562. The van der Waals surface area contributed by atoms with Gasteiger partial charge in [-0.2, -0.15) is 13.2 Å². The first-order valence-corrected chi connectivity index (χ1v) is 7.46. The lowest BCUT2D eigenvalue weighted by atomic mass is 10.0. The van der Waals surface area contributed by atoms with Gasteiger partial charge in [0.25, 0.3) is 0 Å². The third kappa shape index (κ3) is 4.67. The third-order valence-electron chi connectivity index (χ3n) is 4.12. The Morgan fingerprint density at radius 2 is 2.09 bits per heavy atom. The van der Waals surface area contributed by atoms with Crippen LogP contribution in [0.15, 0.2) is 18.2 Å². The first kappa shape index (κ1) is 17.7. The summed E-state index contributed by atoms with van der Waals surface area (Å²) < 4.78 is 52.1. The van der Waals surface area contributed by atoms with Crippen LogP contribution in [-0.4, -0.2) is 42.4 Å². The summed E-state index contributed by atoms with van der Waals surface area (Å²) in [5.74, 6) is -0.622. The molecule has 1 aliphatic rings. The molecule has 1 aromatic rings. The lowest BCUT2D eigenvalue weighted by molar-refractivity contribution is -0.138. The Bertz CT molecular complexity index is 574. The molecule has 0 N–H and O–H groups in total. The largest absolute Gasteiger partial charge is 0.416 e. The van der Waals surface area contributed by atoms with E-state index in [0.29, 0.717) is 25.7 Å². The average Bonchev–Trinajstić information content (AvgIpc) is 2.88. The van der Waals surface area contributed by atoms with E-state index in [-0.39, 0.29) is 23.9 Å². The smallest absolute Gasteiger partial charge is 0.343 e. The molecule has 0 unspecified atom stereocenters. The highest BCUT2D eigenvalue weighted by Crippen LogP contribution is 2.33. The third-order valence-corrected chi connectivity index (χ3v) is 4.12. The number of carbonyl (C=O) groups excluding carboxylic acids is 1. The molecule has 23 heavy (non-hydrogen) atoms. The van der Waals surface area contributed by atoms with Crippen molar-refractivity contribution in [2.24, 2.45) is 5.92 Å². The van der Waals surface area contributed by atoms with Crippen LogP contribution in [0.2, 0.25) is 0 Å². The van der Waals surface area contributed by atoms with Crippen LogP contribution in [0.3, 0.4) is 0 Å². The Morgan fingerprint density at radius 3 is 2.65 bits per heavy atom. The molecule has 3 nitrogen and oxygen atoms in total. The zero-order valence-corrected chi connectivity index (χ0v) is 13.2. The Labute approximate surface area is 132 Å². The van der Waals surface area contributed by atoms with Crippen molar-refractivity contribution in [2.45, 2.75) is 26.1 Å². The monoisotopic (exact) mass is 332 g/mol. The molecule has 0 aromatic heterocycles. The minimum Gasteiger partial charge on any atom is -0.343 e. The van der Waals surface area contributed by atoms with Crippen LogP contribution < -0.4 is 0 Å². The second kappa shape index (κ2) is 6.86. The summed E-state index contributed by atoms with van der Waals surface area (Å²) in [5.41, 5.74) is -0.871. The van der Waals surface area contributed by atoms with Crippen LogP contribution >= 0.6 is 0 Å². The molecule has 0 aliphatic carbocycles. The summed E-state index contributed by atoms with van der Waals surface area (Å²) in [6.45, 7) is 3.53. The number of hydrogen-bond donors (Lipinski definition) is 0. The number of amides is 1. The van der Waals surface area contributed by atoms with E-state index in [2.05, 4.69) is 0 Å². The van der Waals surface area contributed by atoms with E-state index in [1.165, 1.54) is 13.0 Å². The van der Waals surface area contributed by atoms with Crippen LogP contribution in [0.4, 0.5) is 17.6 Å². The van der Waals surface area contributed by atoms with Crippen molar-refractivity contribution in [1.29, 1.82) is 0 Å². The van der Waals surface area contributed by atoms with Crippen molar-refractivity contribution in [3.8, 4) is 0 Å². The maximum atomic E-state index is 13.1. The van der Waals surface area contributed by atoms with E-state index in [9.17, 15) is 22.4 Å². The maximum absolute atomic E-state index is 13.1. The van der Waals surface area contributed by atoms with Gasteiger partial charge in [-0.05, 0) is 37.1 Å². The van der Waals surface area contributed by atoms with E-state index in [0.717, 1.165) is 12.5 Å². The van der Waals surface area contributed by atoms with Crippen LogP contribution in [0, 0.1) is 11.7 Å². The summed E-state index contributed by atoms with van der Waals surface area (Å²) in [7, 11) is 1.74. The minimum atomic E-state index is -4.57. The SMILES string of the molecule is CC(=O)N1CC[C@H](CN(C)Cc2ccc(F)cc2C(F)(F)F)C1. The van der Waals surface area contributed by atoms with Crippen LogP contribution in [0.1, 0.15) is 24.5 Å². The summed E-state index contributed by atoms with van der Waals surface area (Å²) in [6, 6.07) is 2.77. The average molecular weight is 332 g/mol. The van der Waals surface area contributed by atoms with Gasteiger partial charge in [-0.1, -0.05) is 6.07 Å². The van der Waals surface area contributed by atoms with Crippen molar-refractivity contribution in [3.63, 3.8) is 0 Å². The van der Waals surface area contributed by atoms with Gasteiger partial charge in [-0.15, -0.1) is 0 Å². The Balaban J connectivity index is 2.01. The van der Waals surface area contributed by atoms with Crippen LogP contribution in [0.25, 0.3) is 0 Å². The Hall–Kier alpha value is -1.63. The number of alkyl halides is 3. The number of hydrogen-bond acceptors (Lipinski definition) is 2. The summed E-state index contributed by atoms with van der Waals surface area (Å²) >= 11 is 0. The second-order valence-electron chi connectivity index (χ2n) is 6.12. The number of halogens is 4. The molecule has 1 aliphatic heterocycles. The molecule has 0 spiro atoms. The van der Waals surface area contributed by atoms with E-state index in [1.807, 2.05) is 0 Å². The van der Waals surface area contributed by atoms with Crippen molar-refractivity contribution in [2.75, 3.05) is 26.7 Å². The van der Waals surface area contributed by atoms with Gasteiger partial charge in [0, 0.05) is 33.1 Å². The molecule has 0 bridgehead atoms. The number of benzene rings is 1. The normalized spacial score (nSPS) is 18.7. The summed E-state index contributed by atoms with van der Waals surface area (Å²) in [4.78, 5) is 14.8. The lowest BCUT2D eigenvalue weighted by Crippen LogP contribution is -2.30. The van der Waals surface area contributed by atoms with Gasteiger partial charge in [-0.3, -0.25) is 4.79 Å².